The molecular weight excluding hydrogens is 178 g/mol. The standard InChI is InChI=1S/C11H9NO2/c1-7-2-3-8-4-5-12-10(11(13)14)9(8)6-7/h2-6H,1H3,(H,13,14). The Morgan fingerprint density at radius 2 is 2.14 bits per heavy atom. The SMILES string of the molecule is Cc1ccc2ccnc(C(=O)O)c2c1. The van der Waals surface area contributed by atoms with Crippen LogP contribution in [0.3, 0.4) is 0 Å². The highest BCUT2D eigenvalue weighted by Gasteiger charge is 2.08. The summed E-state index contributed by atoms with van der Waals surface area (Å²) in [7, 11) is 0. The number of hydrogen-bond acceptors (Lipinski definition) is 2. The molecule has 1 heterocycles. The average molecular weight is 187 g/mol. The molecule has 1 aromatic carbocycles. The zero-order valence-corrected chi connectivity index (χ0v) is 7.69. The monoisotopic (exact) mass is 187 g/mol. The smallest absolute Gasteiger partial charge is 0.355 e. The van der Waals surface area contributed by atoms with Crippen molar-refractivity contribution in [1.82, 2.24) is 4.98 Å². The van der Waals surface area contributed by atoms with Crippen molar-refractivity contribution >= 4 is 16.7 Å². The highest BCUT2D eigenvalue weighted by Crippen LogP contribution is 2.18. The Kier molecular flexibility index (Phi) is 1.93. The number of nitrogens with zero attached hydrogens (tertiary/aromatic N) is 1. The number of benzene rings is 1. The van der Waals surface area contributed by atoms with Crippen LogP contribution in [0.15, 0.2) is 30.5 Å². The summed E-state index contributed by atoms with van der Waals surface area (Å²) in [4.78, 5) is 14.7. The molecule has 0 aliphatic heterocycles. The second-order valence-corrected chi connectivity index (χ2v) is 3.19. The first-order chi connectivity index (χ1) is 6.68. The molecule has 0 spiro atoms. The lowest BCUT2D eigenvalue weighted by Gasteiger charge is -2.01. The fourth-order valence-corrected chi connectivity index (χ4v) is 1.45. The summed E-state index contributed by atoms with van der Waals surface area (Å²) in [5, 5.41) is 10.5. The summed E-state index contributed by atoms with van der Waals surface area (Å²) in [5.74, 6) is -0.985. The van der Waals surface area contributed by atoms with E-state index in [1.807, 2.05) is 25.1 Å². The first-order valence-corrected chi connectivity index (χ1v) is 4.27. The predicted molar refractivity (Wildman–Crippen MR) is 53.4 cm³/mol. The van der Waals surface area contributed by atoms with Crippen LogP contribution in [0.1, 0.15) is 16.1 Å². The van der Waals surface area contributed by atoms with Crippen molar-refractivity contribution in [3.63, 3.8) is 0 Å². The van der Waals surface area contributed by atoms with E-state index >= 15 is 0 Å². The molecule has 2 rings (SSSR count). The molecule has 1 aromatic heterocycles. The fraction of sp³-hybridized carbons (Fsp3) is 0.0909. The van der Waals surface area contributed by atoms with Gasteiger partial charge in [-0.05, 0) is 24.4 Å². The van der Waals surface area contributed by atoms with Crippen LogP contribution in [0.2, 0.25) is 0 Å². The molecule has 0 bridgehead atoms. The molecular formula is C11H9NO2. The summed E-state index contributed by atoms with van der Waals surface area (Å²) < 4.78 is 0. The topological polar surface area (TPSA) is 50.2 Å². The van der Waals surface area contributed by atoms with E-state index in [9.17, 15) is 4.79 Å². The van der Waals surface area contributed by atoms with Crippen LogP contribution in [-0.2, 0) is 0 Å². The van der Waals surface area contributed by atoms with Gasteiger partial charge in [0.2, 0.25) is 0 Å². The number of fused-ring (bicyclic) bond motifs is 1. The van der Waals surface area contributed by atoms with Crippen LogP contribution in [0.4, 0.5) is 0 Å². The van der Waals surface area contributed by atoms with Crippen molar-refractivity contribution in [2.75, 3.05) is 0 Å². The maximum Gasteiger partial charge on any atom is 0.355 e. The summed E-state index contributed by atoms with van der Waals surface area (Å²) in [6, 6.07) is 7.50. The Morgan fingerprint density at radius 1 is 1.36 bits per heavy atom. The molecule has 0 unspecified atom stereocenters. The van der Waals surface area contributed by atoms with Gasteiger partial charge in [-0.3, -0.25) is 0 Å². The van der Waals surface area contributed by atoms with Crippen LogP contribution in [0.25, 0.3) is 10.8 Å². The molecule has 0 fully saturated rings. The number of aromatic carboxylic acids is 1. The molecule has 0 atom stereocenters. The molecule has 0 saturated heterocycles. The van der Waals surface area contributed by atoms with Gasteiger partial charge < -0.3 is 5.11 Å². The van der Waals surface area contributed by atoms with Crippen molar-refractivity contribution in [2.45, 2.75) is 6.92 Å². The van der Waals surface area contributed by atoms with Crippen LogP contribution < -0.4 is 0 Å². The van der Waals surface area contributed by atoms with Crippen molar-refractivity contribution in [3.05, 3.63) is 41.7 Å². The summed E-state index contributed by atoms with van der Waals surface area (Å²) in [6.07, 6.45) is 1.52. The first-order valence-electron chi connectivity index (χ1n) is 4.27. The molecule has 1 N–H and O–H groups in total. The molecule has 3 heteroatoms. The van der Waals surface area contributed by atoms with Crippen LogP contribution in [0, 0.1) is 6.92 Å². The van der Waals surface area contributed by atoms with Gasteiger partial charge in [0.05, 0.1) is 0 Å². The highest BCUT2D eigenvalue weighted by molar-refractivity contribution is 6.01. The molecule has 14 heavy (non-hydrogen) atoms. The zero-order chi connectivity index (χ0) is 10.1. The van der Waals surface area contributed by atoms with Gasteiger partial charge in [0.1, 0.15) is 0 Å². The Bertz CT molecular complexity index is 506. The zero-order valence-electron chi connectivity index (χ0n) is 7.69. The fourth-order valence-electron chi connectivity index (χ4n) is 1.45. The number of aromatic nitrogens is 1. The van der Waals surface area contributed by atoms with Crippen molar-refractivity contribution < 1.29 is 9.90 Å². The molecule has 70 valence electrons. The third-order valence-electron chi connectivity index (χ3n) is 2.12. The van der Waals surface area contributed by atoms with Gasteiger partial charge >= 0.3 is 5.97 Å². The second kappa shape index (κ2) is 3.10. The lowest BCUT2D eigenvalue weighted by atomic mass is 10.1. The molecule has 0 aliphatic rings. The lowest BCUT2D eigenvalue weighted by molar-refractivity contribution is 0.0693. The van der Waals surface area contributed by atoms with E-state index in [2.05, 4.69) is 4.98 Å². The average Bonchev–Trinajstić information content (AvgIpc) is 2.16. The molecule has 2 aromatic rings. The summed E-state index contributed by atoms with van der Waals surface area (Å²) >= 11 is 0. The molecule has 3 nitrogen and oxygen atoms in total. The number of pyridine rings is 1. The minimum atomic E-state index is -0.985. The minimum absolute atomic E-state index is 0.117. The Morgan fingerprint density at radius 3 is 2.86 bits per heavy atom. The Labute approximate surface area is 81.0 Å². The highest BCUT2D eigenvalue weighted by atomic mass is 16.4. The number of carboxylic acid groups (broad SMARTS) is 1. The summed E-state index contributed by atoms with van der Waals surface area (Å²) in [5.41, 5.74) is 1.15. The maximum atomic E-state index is 10.9. The van der Waals surface area contributed by atoms with Gasteiger partial charge in [0.15, 0.2) is 5.69 Å². The van der Waals surface area contributed by atoms with Gasteiger partial charge in [-0.1, -0.05) is 17.7 Å². The normalized spacial score (nSPS) is 10.4. The van der Waals surface area contributed by atoms with E-state index < -0.39 is 5.97 Å². The second-order valence-electron chi connectivity index (χ2n) is 3.19. The lowest BCUT2D eigenvalue weighted by Crippen LogP contribution is -2.00. The molecule has 0 saturated carbocycles. The van der Waals surface area contributed by atoms with Gasteiger partial charge in [0, 0.05) is 11.6 Å². The first kappa shape index (κ1) is 8.69. The number of carbonyl (C=O) groups is 1. The molecule has 0 aliphatic carbocycles. The number of rotatable bonds is 1. The van der Waals surface area contributed by atoms with Gasteiger partial charge in [0.25, 0.3) is 0 Å². The van der Waals surface area contributed by atoms with E-state index in [1.165, 1.54) is 6.20 Å². The van der Waals surface area contributed by atoms with Gasteiger partial charge in [-0.25, -0.2) is 9.78 Å². The third-order valence-corrected chi connectivity index (χ3v) is 2.12. The third kappa shape index (κ3) is 1.33. The van der Waals surface area contributed by atoms with Crippen LogP contribution in [-0.4, -0.2) is 16.1 Å². The number of aryl methyl sites for hydroxylation is 1. The van der Waals surface area contributed by atoms with Gasteiger partial charge in [-0.15, -0.1) is 0 Å². The Balaban J connectivity index is 2.84. The van der Waals surface area contributed by atoms with E-state index in [4.69, 9.17) is 5.11 Å². The van der Waals surface area contributed by atoms with E-state index in [0.29, 0.717) is 5.39 Å². The quantitative estimate of drug-likeness (QED) is 0.744. The largest absolute Gasteiger partial charge is 0.476 e. The number of hydrogen-bond donors (Lipinski definition) is 1. The van der Waals surface area contributed by atoms with Gasteiger partial charge in [-0.2, -0.15) is 0 Å². The van der Waals surface area contributed by atoms with E-state index in [0.717, 1.165) is 10.9 Å². The maximum absolute atomic E-state index is 10.9. The Hall–Kier alpha value is -1.90. The van der Waals surface area contributed by atoms with E-state index in [1.54, 1.807) is 6.07 Å². The summed E-state index contributed by atoms with van der Waals surface area (Å²) in [6.45, 7) is 1.93. The van der Waals surface area contributed by atoms with Crippen molar-refractivity contribution in [3.8, 4) is 0 Å². The number of carboxylic acids is 1. The van der Waals surface area contributed by atoms with E-state index in [-0.39, 0.29) is 5.69 Å². The minimum Gasteiger partial charge on any atom is -0.476 e. The predicted octanol–water partition coefficient (Wildman–Crippen LogP) is 2.24. The van der Waals surface area contributed by atoms with Crippen molar-refractivity contribution in [2.24, 2.45) is 0 Å². The van der Waals surface area contributed by atoms with Crippen LogP contribution in [0.5, 0.6) is 0 Å². The molecule has 0 amide bonds. The molecule has 0 radical (unpaired) electrons. The van der Waals surface area contributed by atoms with Crippen LogP contribution >= 0.6 is 0 Å². The van der Waals surface area contributed by atoms with Crippen molar-refractivity contribution in [1.29, 1.82) is 0 Å².